The summed E-state index contributed by atoms with van der Waals surface area (Å²) in [6.07, 6.45) is 1.51. The summed E-state index contributed by atoms with van der Waals surface area (Å²) in [5, 5.41) is 10.7. The van der Waals surface area contributed by atoms with Crippen molar-refractivity contribution in [3.8, 4) is 5.75 Å². The fourth-order valence-electron chi connectivity index (χ4n) is 2.98. The van der Waals surface area contributed by atoms with Gasteiger partial charge < -0.3 is 15.5 Å². The van der Waals surface area contributed by atoms with E-state index in [2.05, 4.69) is 26.2 Å². The molecule has 0 saturated carbocycles. The van der Waals surface area contributed by atoms with Gasteiger partial charge in [-0.15, -0.1) is 0 Å². The molecule has 1 aromatic heterocycles. The van der Waals surface area contributed by atoms with E-state index < -0.39 is 5.91 Å². The van der Waals surface area contributed by atoms with E-state index >= 15 is 0 Å². The predicted octanol–water partition coefficient (Wildman–Crippen LogP) is 5.57. The monoisotopic (exact) mass is 499 g/mol. The Morgan fingerprint density at radius 1 is 1.13 bits per heavy atom. The molecule has 8 heteroatoms. The summed E-state index contributed by atoms with van der Waals surface area (Å²) in [5.74, 6) is 0.0718. The highest BCUT2D eigenvalue weighted by Gasteiger charge is 2.21. The van der Waals surface area contributed by atoms with Gasteiger partial charge in [-0.1, -0.05) is 35.9 Å². The molecule has 0 unspecified atom stereocenters. The largest absolute Gasteiger partial charge is 0.496 e. The number of rotatable bonds is 7. The van der Waals surface area contributed by atoms with Crippen LogP contribution in [0.5, 0.6) is 5.75 Å². The third-order valence-corrected chi connectivity index (χ3v) is 5.27. The van der Waals surface area contributed by atoms with E-state index in [1.165, 1.54) is 13.2 Å². The van der Waals surface area contributed by atoms with Gasteiger partial charge >= 0.3 is 0 Å². The molecule has 0 aliphatic carbocycles. The Kier molecular flexibility index (Phi) is 7.20. The number of methoxy groups -OCH3 is 1. The lowest BCUT2D eigenvalue weighted by atomic mass is 9.96. The van der Waals surface area contributed by atoms with Crippen LogP contribution in [-0.2, 0) is 6.42 Å². The number of benzene rings is 2. The summed E-state index contributed by atoms with van der Waals surface area (Å²) in [6.45, 7) is 1.68. The number of nitrogens with one attached hydrogen (secondary N) is 2. The van der Waals surface area contributed by atoms with Gasteiger partial charge in [0.15, 0.2) is 5.78 Å². The van der Waals surface area contributed by atoms with Crippen molar-refractivity contribution in [2.24, 2.45) is 0 Å². The molecule has 1 amide bonds. The first kappa shape index (κ1) is 22.7. The molecule has 0 aliphatic rings. The van der Waals surface area contributed by atoms with E-state index in [-0.39, 0.29) is 17.8 Å². The van der Waals surface area contributed by atoms with Gasteiger partial charge in [0, 0.05) is 44.5 Å². The average Bonchev–Trinajstić information content (AvgIpc) is 2.76. The lowest BCUT2D eigenvalue weighted by Gasteiger charge is -2.15. The molecule has 0 fully saturated rings. The molecule has 1 heterocycles. The second-order valence-corrected chi connectivity index (χ2v) is 8.10. The summed E-state index contributed by atoms with van der Waals surface area (Å²) in [4.78, 5) is 30.0. The van der Waals surface area contributed by atoms with Crippen molar-refractivity contribution in [3.05, 3.63) is 86.5 Å². The van der Waals surface area contributed by atoms with Crippen LogP contribution in [-0.4, -0.2) is 29.5 Å². The molecular formula is C23H19BrClN3O3. The molecular weight excluding hydrogens is 482 g/mol. The molecule has 0 saturated heterocycles. The quantitative estimate of drug-likeness (QED) is 0.328. The third-order valence-electron chi connectivity index (χ3n) is 4.58. The normalized spacial score (nSPS) is 10.5. The minimum Gasteiger partial charge on any atom is -0.496 e. The number of hydrogen-bond acceptors (Lipinski definition) is 5. The molecule has 158 valence electrons. The third kappa shape index (κ3) is 5.57. The zero-order valence-corrected chi connectivity index (χ0v) is 19.2. The maximum atomic E-state index is 13.0. The number of Topliss-reactive ketones (excluding diaryl/α,β-unsaturated/α-hetero) is 1. The number of ketones is 1. The van der Waals surface area contributed by atoms with Crippen molar-refractivity contribution in [1.29, 1.82) is 5.41 Å². The second kappa shape index (κ2) is 9.85. The van der Waals surface area contributed by atoms with Crippen LogP contribution in [0.2, 0.25) is 5.02 Å². The molecule has 3 rings (SSSR count). The fourth-order valence-corrected chi connectivity index (χ4v) is 3.42. The van der Waals surface area contributed by atoms with E-state index in [4.69, 9.17) is 21.7 Å². The number of pyridine rings is 1. The van der Waals surface area contributed by atoms with E-state index in [1.54, 1.807) is 55.6 Å². The molecule has 0 bridgehead atoms. The van der Waals surface area contributed by atoms with Gasteiger partial charge in [-0.2, -0.15) is 0 Å². The number of aromatic nitrogens is 1. The standard InChI is InChI=1S/C23H19BrClN3O3/c1-13(26)14-3-5-15(6-4-14)20(29)11-18-19(9-17(25)10-21(18)31-2)23(30)28-22-8-7-16(24)12-27-22/h3-10,12,26H,11H2,1-2H3,(H,27,28,30). The Balaban J connectivity index is 1.92. The highest BCUT2D eigenvalue weighted by Crippen LogP contribution is 2.29. The number of hydrogen-bond donors (Lipinski definition) is 2. The number of carbonyl (C=O) groups excluding carboxylic acids is 2. The summed E-state index contributed by atoms with van der Waals surface area (Å²) < 4.78 is 6.19. The first-order valence-corrected chi connectivity index (χ1v) is 10.4. The van der Waals surface area contributed by atoms with E-state index in [1.807, 2.05) is 0 Å². The molecule has 2 N–H and O–H groups in total. The van der Waals surface area contributed by atoms with Crippen molar-refractivity contribution in [2.45, 2.75) is 13.3 Å². The Morgan fingerprint density at radius 2 is 1.81 bits per heavy atom. The zero-order valence-electron chi connectivity index (χ0n) is 16.8. The van der Waals surface area contributed by atoms with Crippen molar-refractivity contribution in [1.82, 2.24) is 4.98 Å². The van der Waals surface area contributed by atoms with Gasteiger partial charge in [0.2, 0.25) is 0 Å². The first-order chi connectivity index (χ1) is 14.8. The number of anilines is 1. The molecule has 31 heavy (non-hydrogen) atoms. The zero-order chi connectivity index (χ0) is 22.5. The second-order valence-electron chi connectivity index (χ2n) is 6.75. The van der Waals surface area contributed by atoms with Gasteiger partial charge in [-0.25, -0.2) is 4.98 Å². The summed E-state index contributed by atoms with van der Waals surface area (Å²) in [6, 6.07) is 13.3. The van der Waals surface area contributed by atoms with Gasteiger partial charge in [-0.3, -0.25) is 9.59 Å². The van der Waals surface area contributed by atoms with E-state index in [0.717, 1.165) is 10.0 Å². The van der Waals surface area contributed by atoms with Gasteiger partial charge in [0.1, 0.15) is 11.6 Å². The molecule has 0 radical (unpaired) electrons. The Labute approximate surface area is 193 Å². The lowest BCUT2D eigenvalue weighted by Crippen LogP contribution is -2.17. The van der Waals surface area contributed by atoms with Gasteiger partial charge in [0.05, 0.1) is 7.11 Å². The summed E-state index contributed by atoms with van der Waals surface area (Å²) in [5.41, 5.74) is 2.29. The van der Waals surface area contributed by atoms with Crippen LogP contribution >= 0.6 is 27.5 Å². The molecule has 2 aromatic carbocycles. The first-order valence-electron chi connectivity index (χ1n) is 9.26. The van der Waals surface area contributed by atoms with Crippen LogP contribution < -0.4 is 10.1 Å². The van der Waals surface area contributed by atoms with Crippen molar-refractivity contribution >= 4 is 50.8 Å². The summed E-state index contributed by atoms with van der Waals surface area (Å²) in [7, 11) is 1.46. The van der Waals surface area contributed by atoms with Crippen LogP contribution in [0.1, 0.15) is 38.8 Å². The summed E-state index contributed by atoms with van der Waals surface area (Å²) >= 11 is 9.48. The lowest BCUT2D eigenvalue weighted by molar-refractivity contribution is 0.0991. The minimum absolute atomic E-state index is 0.0558. The highest BCUT2D eigenvalue weighted by atomic mass is 79.9. The van der Waals surface area contributed by atoms with Crippen LogP contribution in [0, 0.1) is 5.41 Å². The predicted molar refractivity (Wildman–Crippen MR) is 125 cm³/mol. The Hall–Kier alpha value is -3.03. The van der Waals surface area contributed by atoms with Gasteiger partial charge in [0.25, 0.3) is 5.91 Å². The van der Waals surface area contributed by atoms with Crippen LogP contribution in [0.4, 0.5) is 5.82 Å². The smallest absolute Gasteiger partial charge is 0.257 e. The Bertz CT molecular complexity index is 1150. The highest BCUT2D eigenvalue weighted by molar-refractivity contribution is 9.10. The maximum Gasteiger partial charge on any atom is 0.257 e. The number of halogens is 2. The van der Waals surface area contributed by atoms with E-state index in [0.29, 0.717) is 33.4 Å². The molecule has 3 aromatic rings. The van der Waals surface area contributed by atoms with Crippen LogP contribution in [0.15, 0.2) is 59.2 Å². The topological polar surface area (TPSA) is 92.1 Å². The maximum absolute atomic E-state index is 13.0. The van der Waals surface area contributed by atoms with E-state index in [9.17, 15) is 9.59 Å². The number of amides is 1. The Morgan fingerprint density at radius 3 is 2.39 bits per heavy atom. The molecule has 0 aliphatic heterocycles. The molecule has 0 atom stereocenters. The van der Waals surface area contributed by atoms with Crippen molar-refractivity contribution in [3.63, 3.8) is 0 Å². The molecule has 6 nitrogen and oxygen atoms in total. The van der Waals surface area contributed by atoms with Crippen LogP contribution in [0.25, 0.3) is 0 Å². The van der Waals surface area contributed by atoms with Crippen molar-refractivity contribution in [2.75, 3.05) is 12.4 Å². The number of nitrogens with zero attached hydrogens (tertiary/aromatic N) is 1. The fraction of sp³-hybridized carbons (Fsp3) is 0.130. The van der Waals surface area contributed by atoms with Crippen LogP contribution in [0.3, 0.4) is 0 Å². The SMILES string of the molecule is COc1cc(Cl)cc(C(=O)Nc2ccc(Br)cn2)c1CC(=O)c1ccc(C(C)=N)cc1. The molecule has 0 spiro atoms. The average molecular weight is 501 g/mol. The van der Waals surface area contributed by atoms with Crippen molar-refractivity contribution < 1.29 is 14.3 Å². The minimum atomic E-state index is -0.451. The number of ether oxygens (including phenoxy) is 1. The van der Waals surface area contributed by atoms with Gasteiger partial charge in [-0.05, 0) is 52.7 Å². The number of carbonyl (C=O) groups is 2.